The lowest BCUT2D eigenvalue weighted by atomic mass is 10.4. The molecule has 0 radical (unpaired) electrons. The zero-order chi connectivity index (χ0) is 26.9. The molecular weight excluding hydrogens is 580 g/mol. The highest BCUT2D eigenvalue weighted by atomic mass is 35.7. The number of anilines is 1. The number of nitrogens with zero attached hydrogens (tertiary/aromatic N) is 1. The van der Waals surface area contributed by atoms with Gasteiger partial charge in [-0.2, -0.15) is 14.0 Å². The van der Waals surface area contributed by atoms with Gasteiger partial charge in [-0.1, -0.05) is 77.8 Å². The molecule has 1 heterocycles. The first-order chi connectivity index (χ1) is 17.6. The van der Waals surface area contributed by atoms with Crippen LogP contribution in [0.2, 0.25) is 0 Å². The molecule has 4 aromatic rings. The second-order valence-corrected chi connectivity index (χ2v) is 13.1. The molecule has 3 aromatic carbocycles. The Balaban J connectivity index is 0.000000695. The van der Waals surface area contributed by atoms with Crippen LogP contribution in [-0.4, -0.2) is 15.7 Å². The molecule has 3 N–H and O–H groups in total. The summed E-state index contributed by atoms with van der Waals surface area (Å²) in [6.45, 7) is 0. The Bertz CT molecular complexity index is 1200. The molecule has 0 aliphatic carbocycles. The first kappa shape index (κ1) is 29.0. The molecule has 8 nitrogen and oxygen atoms in total. The lowest BCUT2D eigenvalue weighted by Crippen LogP contribution is -2.58. The Morgan fingerprint density at radius 3 is 1.57 bits per heavy atom. The third-order valence-corrected chi connectivity index (χ3v) is 10.4. The van der Waals surface area contributed by atoms with Crippen molar-refractivity contribution in [1.29, 1.82) is 0 Å². The molecule has 192 valence electrons. The van der Waals surface area contributed by atoms with Gasteiger partial charge in [-0.05, 0) is 36.4 Å². The SMILES string of the molecule is O=C(NC(=C(Cl)Cl)[P+](c1ccccc1)(c1ccccc1)c1ccccc1)Nc1nccs1.[O-][Cl+3]([O-])([O-])O. The van der Waals surface area contributed by atoms with E-state index in [4.69, 9.17) is 41.8 Å². The molecule has 0 fully saturated rings. The van der Waals surface area contributed by atoms with Gasteiger partial charge in [-0.25, -0.2) is 9.78 Å². The number of thiazole rings is 1. The van der Waals surface area contributed by atoms with Gasteiger partial charge >= 0.3 is 6.03 Å². The third-order valence-electron chi connectivity index (χ3n) is 4.83. The zero-order valence-electron chi connectivity index (χ0n) is 18.8. The quantitative estimate of drug-likeness (QED) is 0.288. The van der Waals surface area contributed by atoms with Crippen LogP contribution < -0.4 is 40.5 Å². The smallest absolute Gasteiger partial charge is 0.283 e. The van der Waals surface area contributed by atoms with Crippen molar-refractivity contribution in [3.63, 3.8) is 0 Å². The fraction of sp³-hybridized carbons (Fsp3) is 0. The minimum Gasteiger partial charge on any atom is -0.283 e. The molecular formula is C24H20Cl3N3O5PS+. The van der Waals surface area contributed by atoms with Gasteiger partial charge in [0, 0.05) is 11.6 Å². The van der Waals surface area contributed by atoms with Crippen molar-refractivity contribution >= 4 is 68.9 Å². The Labute approximate surface area is 229 Å². The molecule has 13 heteroatoms. The number of carbonyl (C=O) groups is 1. The van der Waals surface area contributed by atoms with Gasteiger partial charge in [0.25, 0.3) is 0 Å². The maximum absolute atomic E-state index is 13.0. The summed E-state index contributed by atoms with van der Waals surface area (Å²) < 4.78 is 32.7. The van der Waals surface area contributed by atoms with Crippen molar-refractivity contribution in [3.8, 4) is 0 Å². The zero-order valence-corrected chi connectivity index (χ0v) is 22.8. The van der Waals surface area contributed by atoms with E-state index in [0.717, 1.165) is 15.9 Å². The van der Waals surface area contributed by atoms with Gasteiger partial charge in [0.15, 0.2) is 16.9 Å². The molecule has 1 aromatic heterocycles. The number of aromatic nitrogens is 1. The van der Waals surface area contributed by atoms with Gasteiger partial charge in [0.2, 0.25) is 5.44 Å². The van der Waals surface area contributed by atoms with Crippen LogP contribution in [0.5, 0.6) is 0 Å². The highest BCUT2D eigenvalue weighted by Crippen LogP contribution is 2.63. The van der Waals surface area contributed by atoms with Crippen LogP contribution in [0.15, 0.2) is 113 Å². The van der Waals surface area contributed by atoms with Crippen molar-refractivity contribution < 1.29 is 33.7 Å². The lowest BCUT2D eigenvalue weighted by molar-refractivity contribution is -1.92. The van der Waals surface area contributed by atoms with E-state index in [1.54, 1.807) is 11.6 Å². The summed E-state index contributed by atoms with van der Waals surface area (Å²) in [6.07, 6.45) is 1.63. The predicted octanol–water partition coefficient (Wildman–Crippen LogP) is 1.74. The second kappa shape index (κ2) is 13.3. The largest absolute Gasteiger partial charge is 0.328 e. The minimum atomic E-state index is -4.69. The lowest BCUT2D eigenvalue weighted by Gasteiger charge is -2.29. The van der Waals surface area contributed by atoms with E-state index in [9.17, 15) is 4.79 Å². The van der Waals surface area contributed by atoms with Gasteiger partial charge in [-0.3, -0.25) is 10.6 Å². The highest BCUT2D eigenvalue weighted by Gasteiger charge is 2.52. The summed E-state index contributed by atoms with van der Waals surface area (Å²) >= 11 is 14.4. The maximum atomic E-state index is 13.0. The average molecular weight is 600 g/mol. The normalized spacial score (nSPS) is 11.1. The standard InChI is InChI=1S/C24H18Cl2N3OPS.ClHO4/c25-21(26)22(28-23(30)29-24-27-16-17-32-24)31(18-10-4-1-5-11-18,19-12-6-2-7-13-19)20-14-8-3-9-15-20;2-1(3,4)5/h1-17H,(H-,27,28,29,30);(H,2,3,4,5)/p+1. The minimum absolute atomic E-state index is 0.00387. The van der Waals surface area contributed by atoms with E-state index >= 15 is 0 Å². The summed E-state index contributed by atoms with van der Waals surface area (Å²) in [6, 6.07) is 29.6. The number of hydrogen-bond acceptors (Lipinski definition) is 7. The van der Waals surface area contributed by atoms with Gasteiger partial charge in [-0.15, -0.1) is 11.3 Å². The summed E-state index contributed by atoms with van der Waals surface area (Å²) in [5.74, 6) is 0. The molecule has 0 bridgehead atoms. The van der Waals surface area contributed by atoms with E-state index in [1.807, 2.05) is 91.0 Å². The second-order valence-electron chi connectivity index (χ2n) is 7.10. The molecule has 0 atom stereocenters. The Morgan fingerprint density at radius 2 is 1.24 bits per heavy atom. The molecule has 2 amide bonds. The first-order valence-corrected chi connectivity index (χ1v) is 15.0. The number of benzene rings is 3. The number of carbonyl (C=O) groups excluding carboxylic acids is 1. The molecule has 37 heavy (non-hydrogen) atoms. The van der Waals surface area contributed by atoms with Crippen LogP contribution in [0.25, 0.3) is 0 Å². The fourth-order valence-electron chi connectivity index (χ4n) is 3.57. The Morgan fingerprint density at radius 1 is 0.838 bits per heavy atom. The Hall–Kier alpha value is -2.56. The van der Waals surface area contributed by atoms with Gasteiger partial charge < -0.3 is 0 Å². The summed E-state index contributed by atoms with van der Waals surface area (Å²) in [5, 5.41) is 11.0. The van der Waals surface area contributed by atoms with Crippen LogP contribution in [0.3, 0.4) is 0 Å². The average Bonchev–Trinajstić information content (AvgIpc) is 3.38. The van der Waals surface area contributed by atoms with E-state index in [0.29, 0.717) is 10.6 Å². The monoisotopic (exact) mass is 598 g/mol. The first-order valence-electron chi connectivity index (χ1n) is 10.3. The van der Waals surface area contributed by atoms with E-state index in [1.165, 1.54) is 11.3 Å². The van der Waals surface area contributed by atoms with Crippen LogP contribution in [0.4, 0.5) is 9.93 Å². The van der Waals surface area contributed by atoms with E-state index in [-0.39, 0.29) is 4.49 Å². The van der Waals surface area contributed by atoms with Crippen LogP contribution in [0, 0.1) is 10.2 Å². The van der Waals surface area contributed by atoms with Crippen LogP contribution in [-0.2, 0) is 0 Å². The third kappa shape index (κ3) is 7.96. The number of halogens is 3. The summed E-state index contributed by atoms with van der Waals surface area (Å²) in [7, 11) is -7.33. The van der Waals surface area contributed by atoms with Gasteiger partial charge in [0.1, 0.15) is 15.9 Å². The van der Waals surface area contributed by atoms with E-state index < -0.39 is 23.5 Å². The number of hydrogen-bond donors (Lipinski definition) is 3. The van der Waals surface area contributed by atoms with Gasteiger partial charge in [0.05, 0.1) is 14.9 Å². The molecule has 0 aliphatic rings. The van der Waals surface area contributed by atoms with Crippen molar-refractivity contribution in [3.05, 3.63) is 113 Å². The predicted molar refractivity (Wildman–Crippen MR) is 140 cm³/mol. The number of rotatable bonds is 6. The maximum Gasteiger partial charge on any atom is 0.328 e. The molecule has 0 saturated heterocycles. The topological polar surface area (TPSA) is 143 Å². The molecule has 0 aliphatic heterocycles. The van der Waals surface area contributed by atoms with Crippen LogP contribution >= 0.6 is 41.8 Å². The number of nitrogens with one attached hydrogen (secondary N) is 2. The molecule has 0 unspecified atom stereocenters. The highest BCUT2D eigenvalue weighted by molar-refractivity contribution is 7.99. The van der Waals surface area contributed by atoms with E-state index in [2.05, 4.69) is 15.6 Å². The Kier molecular flexibility index (Phi) is 10.4. The van der Waals surface area contributed by atoms with Crippen molar-refractivity contribution in [2.45, 2.75) is 0 Å². The fourth-order valence-corrected chi connectivity index (χ4v) is 9.00. The van der Waals surface area contributed by atoms with Crippen molar-refractivity contribution in [2.24, 2.45) is 0 Å². The summed E-state index contributed by atoms with van der Waals surface area (Å²) in [4.78, 5) is 17.1. The summed E-state index contributed by atoms with van der Waals surface area (Å²) in [5.41, 5.74) is 0.457. The van der Waals surface area contributed by atoms with Crippen LogP contribution in [0.1, 0.15) is 0 Å². The molecule has 4 rings (SSSR count). The molecule has 0 spiro atoms. The van der Waals surface area contributed by atoms with Crippen molar-refractivity contribution in [2.75, 3.05) is 5.32 Å². The van der Waals surface area contributed by atoms with Crippen molar-refractivity contribution in [1.82, 2.24) is 10.3 Å². The number of amides is 2. The number of urea groups is 1. The molecule has 0 saturated carbocycles.